The maximum Gasteiger partial charge on any atom is 0.245 e. The first-order valence-corrected chi connectivity index (χ1v) is 24.9. The number of para-hydroxylation sites is 1. The highest BCUT2D eigenvalue weighted by atomic mass is 32.1. The summed E-state index contributed by atoms with van der Waals surface area (Å²) >= 11 is 1.42. The molecule has 4 aromatic rings. The number of likely N-dealkylation sites (tertiary alicyclic amines) is 1. The largest absolute Gasteiger partial charge is 0.370 e. The van der Waals surface area contributed by atoms with Crippen molar-refractivity contribution < 1.29 is 38.4 Å². The molecule has 0 radical (unpaired) electrons. The van der Waals surface area contributed by atoms with E-state index >= 15 is 0 Å². The van der Waals surface area contributed by atoms with Gasteiger partial charge in [0.15, 0.2) is 11.9 Å². The van der Waals surface area contributed by atoms with E-state index in [0.29, 0.717) is 18.4 Å². The number of nitrogens with two attached hydrogens (primary N) is 6. The molecule has 73 heavy (non-hydrogen) atoms. The second-order valence-corrected chi connectivity index (χ2v) is 18.8. The Balaban J connectivity index is 1.43. The average molecular weight is 1030 g/mol. The predicted octanol–water partition coefficient (Wildman–Crippen LogP) is -1.13. The summed E-state index contributed by atoms with van der Waals surface area (Å²) in [5.41, 5.74) is 35.2. The van der Waals surface area contributed by atoms with Gasteiger partial charge in [0, 0.05) is 61.5 Å². The summed E-state index contributed by atoms with van der Waals surface area (Å²) in [4.78, 5) is 125. The van der Waals surface area contributed by atoms with Gasteiger partial charge in [-0.2, -0.15) is 0 Å². The molecule has 6 atom stereocenters. The molecule has 5 rings (SSSR count). The van der Waals surface area contributed by atoms with Crippen molar-refractivity contribution in [1.82, 2.24) is 36.1 Å². The van der Waals surface area contributed by atoms with Crippen LogP contribution in [0.1, 0.15) is 67.4 Å². The van der Waals surface area contributed by atoms with Gasteiger partial charge in [0.1, 0.15) is 36.3 Å². The summed E-state index contributed by atoms with van der Waals surface area (Å²) in [6, 6.07) is 12.7. The molecule has 2 aromatic carbocycles. The van der Waals surface area contributed by atoms with Crippen LogP contribution in [-0.4, -0.2) is 137 Å². The zero-order valence-corrected chi connectivity index (χ0v) is 41.6. The van der Waals surface area contributed by atoms with Crippen LogP contribution in [0.4, 0.5) is 0 Å². The third kappa shape index (κ3) is 17.1. The van der Waals surface area contributed by atoms with Gasteiger partial charge in [0.25, 0.3) is 0 Å². The van der Waals surface area contributed by atoms with Gasteiger partial charge in [-0.1, -0.05) is 54.6 Å². The number of aromatic amines is 1. The molecule has 0 saturated carbocycles. The first-order chi connectivity index (χ1) is 34.9. The van der Waals surface area contributed by atoms with Crippen molar-refractivity contribution in [2.24, 2.45) is 44.4 Å². The number of likely N-dealkylation sites (N-methyl/N-ethyl adjacent to an activating group) is 1. The number of amides is 8. The van der Waals surface area contributed by atoms with Crippen LogP contribution >= 0.6 is 11.3 Å². The Morgan fingerprint density at radius 1 is 0.726 bits per heavy atom. The van der Waals surface area contributed by atoms with Gasteiger partial charge < -0.3 is 70.5 Å². The van der Waals surface area contributed by atoms with Crippen LogP contribution in [0, 0.1) is 0 Å². The summed E-state index contributed by atoms with van der Waals surface area (Å²) in [5, 5.41) is 13.6. The Hall–Kier alpha value is -8.02. The Kier molecular flexibility index (Phi) is 21.1. The molecule has 1 aliphatic rings. The molecule has 1 fully saturated rings. The number of carbonyl (C=O) groups excluding carboxylic acids is 8. The van der Waals surface area contributed by atoms with Gasteiger partial charge in [0.05, 0.1) is 12.8 Å². The zero-order valence-electron chi connectivity index (χ0n) is 40.8. The lowest BCUT2D eigenvalue weighted by molar-refractivity contribution is -0.146. The highest BCUT2D eigenvalue weighted by Crippen LogP contribution is 2.23. The second kappa shape index (κ2) is 27.5. The van der Waals surface area contributed by atoms with Gasteiger partial charge in [-0.05, 0) is 73.6 Å². The molecule has 24 heteroatoms. The molecule has 1 aliphatic heterocycles. The van der Waals surface area contributed by atoms with Crippen molar-refractivity contribution in [3.63, 3.8) is 0 Å². The summed E-state index contributed by atoms with van der Waals surface area (Å²) in [6.07, 6.45) is 2.95. The number of primary amides is 2. The van der Waals surface area contributed by atoms with Crippen LogP contribution in [0.5, 0.6) is 0 Å². The maximum atomic E-state index is 14.9. The van der Waals surface area contributed by atoms with Crippen molar-refractivity contribution in [3.8, 4) is 0 Å². The Morgan fingerprint density at radius 2 is 1.36 bits per heavy atom. The smallest absolute Gasteiger partial charge is 0.245 e. The second-order valence-electron chi connectivity index (χ2n) is 17.8. The van der Waals surface area contributed by atoms with Crippen LogP contribution in [0.25, 0.3) is 10.9 Å². The molecule has 0 aliphatic carbocycles. The molecule has 0 spiro atoms. The van der Waals surface area contributed by atoms with Crippen molar-refractivity contribution in [2.45, 2.75) is 107 Å². The first-order valence-electron chi connectivity index (χ1n) is 24.0. The van der Waals surface area contributed by atoms with Crippen molar-refractivity contribution in [1.29, 1.82) is 0 Å². The quantitative estimate of drug-likeness (QED) is 0.0192. The maximum absolute atomic E-state index is 14.9. The van der Waals surface area contributed by atoms with Crippen LogP contribution in [-0.2, 0) is 57.6 Å². The van der Waals surface area contributed by atoms with Gasteiger partial charge in [0.2, 0.25) is 47.3 Å². The van der Waals surface area contributed by atoms with E-state index < -0.39 is 84.0 Å². The van der Waals surface area contributed by atoms with Gasteiger partial charge in [-0.3, -0.25) is 48.3 Å². The minimum absolute atomic E-state index is 0.00256. The monoisotopic (exact) mass is 1030 g/mol. The zero-order chi connectivity index (χ0) is 53.0. The number of hydrogen-bond acceptors (Lipinski definition) is 11. The minimum Gasteiger partial charge on any atom is -0.370 e. The number of rotatable bonds is 27. The van der Waals surface area contributed by atoms with Crippen molar-refractivity contribution in [3.05, 3.63) is 94.3 Å². The molecule has 2 aromatic heterocycles. The normalized spacial score (nSPS) is 15.3. The van der Waals surface area contributed by atoms with Gasteiger partial charge in [-0.25, -0.2) is 0 Å². The number of piperidine rings is 1. The Morgan fingerprint density at radius 3 is 2.00 bits per heavy atom. The van der Waals surface area contributed by atoms with Crippen LogP contribution in [0.3, 0.4) is 0 Å². The topological polar surface area (TPSA) is 388 Å². The average Bonchev–Trinajstić information content (AvgIpc) is 4.04. The van der Waals surface area contributed by atoms with E-state index in [1.807, 2.05) is 47.8 Å². The van der Waals surface area contributed by atoms with Gasteiger partial charge >= 0.3 is 0 Å². The summed E-state index contributed by atoms with van der Waals surface area (Å²) in [7, 11) is 1.56. The van der Waals surface area contributed by atoms with E-state index in [1.165, 1.54) is 21.1 Å². The third-order valence-corrected chi connectivity index (χ3v) is 13.2. The molecule has 3 heterocycles. The summed E-state index contributed by atoms with van der Waals surface area (Å²) in [6.45, 7) is 0.279. The molecule has 17 N–H and O–H groups in total. The highest BCUT2D eigenvalue weighted by molar-refractivity contribution is 7.10. The number of nitrogens with zero attached hydrogens (tertiary/aromatic N) is 4. The molecule has 0 unspecified atom stereocenters. The van der Waals surface area contributed by atoms with Crippen LogP contribution in [0.2, 0.25) is 0 Å². The third-order valence-electron chi connectivity index (χ3n) is 12.4. The lowest BCUT2D eigenvalue weighted by Gasteiger charge is -2.38. The van der Waals surface area contributed by atoms with Crippen LogP contribution < -0.4 is 55.7 Å². The fourth-order valence-corrected chi connectivity index (χ4v) is 9.24. The summed E-state index contributed by atoms with van der Waals surface area (Å²) in [5.74, 6) is -6.13. The molecule has 1 saturated heterocycles. The van der Waals surface area contributed by atoms with E-state index in [2.05, 4.69) is 36.2 Å². The SMILES string of the molecule is CN(C(=O)Cc1cccs1)[C@@H](Cc1c[nH]c2ccccc12)C(=O)N[C@@H](Cc1ccccc1)C(=O)N[C@@H](CCCN=C(N)N)C(=O)N1CCCC[C@H]1C(=O)N[C@@H](CCCN=C(N)N)C(=O)N[C@@H](CC(N)=O)C(N)=O. The summed E-state index contributed by atoms with van der Waals surface area (Å²) < 4.78 is 0. The number of carbonyl (C=O) groups is 8. The Bertz CT molecular complexity index is 2600. The number of H-pyrrole nitrogens is 1. The molecule has 23 nitrogen and oxygen atoms in total. The lowest BCUT2D eigenvalue weighted by Crippen LogP contribution is -2.61. The number of aliphatic imine (C=N–C) groups is 2. The van der Waals surface area contributed by atoms with Gasteiger partial charge in [-0.15, -0.1) is 11.3 Å². The lowest BCUT2D eigenvalue weighted by atomic mass is 9.97. The van der Waals surface area contributed by atoms with E-state index in [4.69, 9.17) is 34.4 Å². The van der Waals surface area contributed by atoms with E-state index in [-0.39, 0.29) is 88.8 Å². The van der Waals surface area contributed by atoms with Crippen molar-refractivity contribution >= 4 is 81.4 Å². The molecule has 0 bridgehead atoms. The standard InChI is InChI=1S/C49H67N15O8S/c1-63(41(66)26-31-14-11-23-73-31)39(25-30-28-58-33-16-6-5-15-32(30)33)46(71)62-37(24-29-12-3-2-4-13-29)44(69)60-35(18-10-21-57-49(54)55)47(72)64-22-8-7-19-38(64)45(70)59-34(17-9-20-56-48(52)53)43(68)61-36(42(51)67)27-40(50)65/h2-6,11-16,23,28,34-39,58H,7-10,17-22,24-27H2,1H3,(H2,50,65)(H2,51,67)(H,59,70)(H,60,69)(H,61,68)(H,62,71)(H4,52,53,56)(H4,54,55,57)/t34-,35-,36-,37-,38-,39-/m0/s1. The number of thiophene rings is 1. The number of nitrogens with one attached hydrogen (secondary N) is 5. The molecular weight excluding hydrogens is 959 g/mol. The predicted molar refractivity (Wildman–Crippen MR) is 277 cm³/mol. The first kappa shape index (κ1) is 55.9. The Labute approximate surface area is 426 Å². The highest BCUT2D eigenvalue weighted by Gasteiger charge is 2.39. The van der Waals surface area contributed by atoms with E-state index in [1.54, 1.807) is 37.5 Å². The van der Waals surface area contributed by atoms with E-state index in [0.717, 1.165) is 21.3 Å². The number of fused-ring (bicyclic) bond motifs is 1. The van der Waals surface area contributed by atoms with Crippen molar-refractivity contribution in [2.75, 3.05) is 26.7 Å². The fourth-order valence-electron chi connectivity index (χ4n) is 8.54. The molecular formula is C49H67N15O8S. The number of benzene rings is 2. The van der Waals surface area contributed by atoms with Crippen LogP contribution in [0.15, 0.2) is 88.3 Å². The van der Waals surface area contributed by atoms with E-state index in [9.17, 15) is 38.4 Å². The fraction of sp³-hybridized carbons (Fsp3) is 0.429. The molecule has 8 amide bonds. The number of guanidine groups is 2. The minimum atomic E-state index is -1.47. The number of hydrogen-bond donors (Lipinski definition) is 11. The molecule has 392 valence electrons. The number of aromatic nitrogens is 1.